The van der Waals surface area contributed by atoms with Crippen LogP contribution in [0.15, 0.2) is 54.7 Å². The second kappa shape index (κ2) is 6.72. The highest BCUT2D eigenvalue weighted by Gasteiger charge is 2.16. The van der Waals surface area contributed by atoms with E-state index in [1.165, 1.54) is 0 Å². The molecule has 1 amide bonds. The van der Waals surface area contributed by atoms with E-state index < -0.39 is 0 Å². The summed E-state index contributed by atoms with van der Waals surface area (Å²) in [6, 6.07) is 15.9. The van der Waals surface area contributed by atoms with Crippen LogP contribution >= 0.6 is 0 Å². The molecule has 2 aromatic carbocycles. The van der Waals surface area contributed by atoms with Crippen LogP contribution in [0, 0.1) is 13.8 Å². The van der Waals surface area contributed by atoms with Gasteiger partial charge in [0.25, 0.3) is 5.91 Å². The highest BCUT2D eigenvalue weighted by molar-refractivity contribution is 5.95. The van der Waals surface area contributed by atoms with Crippen molar-refractivity contribution in [3.63, 3.8) is 0 Å². The minimum Gasteiger partial charge on any atom is -0.345 e. The van der Waals surface area contributed by atoms with Crippen molar-refractivity contribution in [2.75, 3.05) is 0 Å². The molecule has 0 atom stereocenters. The average molecular weight is 359 g/mol. The Morgan fingerprint density at radius 1 is 1.07 bits per heavy atom. The fourth-order valence-corrected chi connectivity index (χ4v) is 3.28. The van der Waals surface area contributed by atoms with Crippen LogP contribution in [-0.4, -0.2) is 25.2 Å². The van der Waals surface area contributed by atoms with E-state index in [-0.39, 0.29) is 5.91 Å². The van der Waals surface area contributed by atoms with Crippen molar-refractivity contribution in [1.82, 2.24) is 24.6 Å². The number of aryl methyl sites for hydroxylation is 2. The normalized spacial score (nSPS) is 11.1. The first kappa shape index (κ1) is 17.0. The van der Waals surface area contributed by atoms with Crippen LogP contribution in [-0.2, 0) is 13.6 Å². The maximum Gasteiger partial charge on any atom is 0.255 e. The third-order valence-corrected chi connectivity index (χ3v) is 4.88. The maximum absolute atomic E-state index is 12.7. The first-order chi connectivity index (χ1) is 13.1. The summed E-state index contributed by atoms with van der Waals surface area (Å²) >= 11 is 0. The van der Waals surface area contributed by atoms with E-state index in [4.69, 9.17) is 0 Å². The number of aromatic nitrogens is 4. The van der Waals surface area contributed by atoms with Crippen LogP contribution in [0.2, 0.25) is 0 Å². The van der Waals surface area contributed by atoms with Crippen molar-refractivity contribution in [2.45, 2.75) is 20.4 Å². The van der Waals surface area contributed by atoms with E-state index in [2.05, 4.69) is 15.4 Å². The van der Waals surface area contributed by atoms with Gasteiger partial charge in [0.15, 0.2) is 0 Å². The van der Waals surface area contributed by atoms with Crippen LogP contribution in [0.3, 0.4) is 0 Å². The molecule has 6 heteroatoms. The lowest BCUT2D eigenvalue weighted by Gasteiger charge is -2.09. The number of nitrogens with one attached hydrogen (secondary N) is 1. The molecule has 0 radical (unpaired) electrons. The summed E-state index contributed by atoms with van der Waals surface area (Å²) in [7, 11) is 1.96. The van der Waals surface area contributed by atoms with E-state index in [0.717, 1.165) is 33.8 Å². The Morgan fingerprint density at radius 2 is 1.81 bits per heavy atom. The van der Waals surface area contributed by atoms with Gasteiger partial charge in [-0.1, -0.05) is 30.3 Å². The summed E-state index contributed by atoms with van der Waals surface area (Å²) in [6.07, 6.45) is 1.62. The minimum absolute atomic E-state index is 0.153. The maximum atomic E-state index is 12.7. The van der Waals surface area contributed by atoms with E-state index in [1.54, 1.807) is 10.9 Å². The lowest BCUT2D eigenvalue weighted by Crippen LogP contribution is -2.24. The van der Waals surface area contributed by atoms with Gasteiger partial charge < -0.3 is 9.88 Å². The van der Waals surface area contributed by atoms with Crippen LogP contribution in [0.25, 0.3) is 16.7 Å². The third-order valence-electron chi connectivity index (χ3n) is 4.88. The molecule has 4 aromatic rings. The number of amides is 1. The van der Waals surface area contributed by atoms with Gasteiger partial charge in [0.05, 0.1) is 40.7 Å². The second-order valence-electron chi connectivity index (χ2n) is 6.60. The molecule has 136 valence electrons. The molecule has 2 aromatic heterocycles. The van der Waals surface area contributed by atoms with E-state index in [0.29, 0.717) is 12.1 Å². The molecule has 0 fully saturated rings. The molecule has 27 heavy (non-hydrogen) atoms. The van der Waals surface area contributed by atoms with Gasteiger partial charge in [-0.3, -0.25) is 4.79 Å². The fraction of sp³-hybridized carbons (Fsp3) is 0.190. The Kier molecular flexibility index (Phi) is 4.24. The smallest absolute Gasteiger partial charge is 0.255 e. The Bertz CT molecular complexity index is 1140. The van der Waals surface area contributed by atoms with Crippen LogP contribution in [0.4, 0.5) is 0 Å². The predicted octanol–water partition coefficient (Wildman–Crippen LogP) is 3.31. The van der Waals surface area contributed by atoms with Crippen LogP contribution < -0.4 is 5.32 Å². The van der Waals surface area contributed by atoms with Crippen molar-refractivity contribution < 1.29 is 4.79 Å². The zero-order chi connectivity index (χ0) is 19.0. The third kappa shape index (κ3) is 2.99. The second-order valence-corrected chi connectivity index (χ2v) is 6.60. The van der Waals surface area contributed by atoms with Gasteiger partial charge in [0.1, 0.15) is 5.82 Å². The summed E-state index contributed by atoms with van der Waals surface area (Å²) in [5, 5.41) is 7.37. The molecule has 0 saturated heterocycles. The Morgan fingerprint density at radius 3 is 2.59 bits per heavy atom. The number of carbonyl (C=O) groups is 1. The molecular weight excluding hydrogens is 338 g/mol. The monoisotopic (exact) mass is 359 g/mol. The van der Waals surface area contributed by atoms with Gasteiger partial charge in [0.2, 0.25) is 0 Å². The average Bonchev–Trinajstić information content (AvgIpc) is 3.21. The Labute approximate surface area is 157 Å². The van der Waals surface area contributed by atoms with Gasteiger partial charge in [-0.25, -0.2) is 9.67 Å². The Hall–Kier alpha value is -3.41. The zero-order valence-electron chi connectivity index (χ0n) is 15.6. The standard InChI is InChI=1S/C21H21N5O/c1-14-8-4-6-10-18(14)26-15(2)16(12-23-26)21(27)22-13-20-24-17-9-5-7-11-19(17)25(20)3/h4-12H,13H2,1-3H3,(H,22,27). The summed E-state index contributed by atoms with van der Waals surface area (Å²) in [6.45, 7) is 4.30. The van der Waals surface area contributed by atoms with E-state index in [9.17, 15) is 4.79 Å². The summed E-state index contributed by atoms with van der Waals surface area (Å²) in [5.41, 5.74) is 5.43. The molecule has 0 unspecified atom stereocenters. The fourth-order valence-electron chi connectivity index (χ4n) is 3.28. The molecule has 0 saturated carbocycles. The first-order valence-electron chi connectivity index (χ1n) is 8.85. The predicted molar refractivity (Wildman–Crippen MR) is 105 cm³/mol. The molecule has 0 aliphatic rings. The van der Waals surface area contributed by atoms with E-state index >= 15 is 0 Å². The van der Waals surface area contributed by atoms with Gasteiger partial charge in [-0.2, -0.15) is 5.10 Å². The number of hydrogen-bond acceptors (Lipinski definition) is 3. The quantitative estimate of drug-likeness (QED) is 0.608. The molecule has 6 nitrogen and oxygen atoms in total. The molecule has 0 aliphatic carbocycles. The topological polar surface area (TPSA) is 64.7 Å². The number of para-hydroxylation sites is 3. The molecular formula is C21H21N5O. The molecule has 1 N–H and O–H groups in total. The number of imidazole rings is 1. The Balaban J connectivity index is 1.55. The number of hydrogen-bond donors (Lipinski definition) is 1. The van der Waals surface area contributed by atoms with Crippen LogP contribution in [0.1, 0.15) is 27.4 Å². The first-order valence-corrected chi connectivity index (χ1v) is 8.85. The van der Waals surface area contributed by atoms with Crippen molar-refractivity contribution in [2.24, 2.45) is 7.05 Å². The summed E-state index contributed by atoms with van der Waals surface area (Å²) in [4.78, 5) is 17.3. The summed E-state index contributed by atoms with van der Waals surface area (Å²) < 4.78 is 3.80. The van der Waals surface area contributed by atoms with Crippen molar-refractivity contribution in [3.05, 3.63) is 77.4 Å². The number of carbonyl (C=O) groups excluding carboxylic acids is 1. The molecule has 0 aliphatic heterocycles. The number of benzene rings is 2. The highest BCUT2D eigenvalue weighted by atomic mass is 16.1. The van der Waals surface area contributed by atoms with Gasteiger partial charge >= 0.3 is 0 Å². The molecule has 0 bridgehead atoms. The van der Waals surface area contributed by atoms with Gasteiger partial charge in [-0.15, -0.1) is 0 Å². The van der Waals surface area contributed by atoms with Crippen molar-refractivity contribution in [3.8, 4) is 5.69 Å². The number of fused-ring (bicyclic) bond motifs is 1. The largest absolute Gasteiger partial charge is 0.345 e. The lowest BCUT2D eigenvalue weighted by atomic mass is 10.2. The van der Waals surface area contributed by atoms with Gasteiger partial charge in [0, 0.05) is 7.05 Å². The molecule has 0 spiro atoms. The molecule has 4 rings (SSSR count). The SMILES string of the molecule is Cc1ccccc1-n1ncc(C(=O)NCc2nc3ccccc3n2C)c1C. The van der Waals surface area contributed by atoms with Crippen molar-refractivity contribution >= 4 is 16.9 Å². The number of nitrogens with zero attached hydrogens (tertiary/aromatic N) is 4. The number of rotatable bonds is 4. The summed E-state index contributed by atoms with van der Waals surface area (Å²) in [5.74, 6) is 0.660. The minimum atomic E-state index is -0.153. The van der Waals surface area contributed by atoms with E-state index in [1.807, 2.05) is 74.0 Å². The van der Waals surface area contributed by atoms with Crippen LogP contribution in [0.5, 0.6) is 0 Å². The lowest BCUT2D eigenvalue weighted by molar-refractivity contribution is 0.0949. The van der Waals surface area contributed by atoms with Crippen molar-refractivity contribution in [1.29, 1.82) is 0 Å². The van der Waals surface area contributed by atoms with Gasteiger partial charge in [-0.05, 0) is 37.6 Å². The molecule has 2 heterocycles. The highest BCUT2D eigenvalue weighted by Crippen LogP contribution is 2.18. The zero-order valence-corrected chi connectivity index (χ0v) is 15.6.